The van der Waals surface area contributed by atoms with Gasteiger partial charge in [0, 0.05) is 0 Å². The van der Waals surface area contributed by atoms with E-state index in [4.69, 9.17) is 33.7 Å². The number of carbonyl (C=O) groups is 2. The molecule has 9 nitrogen and oxygen atoms in total. The van der Waals surface area contributed by atoms with Crippen LogP contribution < -0.4 is 15.8 Å². The predicted molar refractivity (Wildman–Crippen MR) is 128 cm³/mol. The van der Waals surface area contributed by atoms with E-state index >= 15 is 0 Å². The van der Waals surface area contributed by atoms with Gasteiger partial charge in [0.05, 0.1) is 7.11 Å². The van der Waals surface area contributed by atoms with Crippen molar-refractivity contribution in [2.75, 3.05) is 18.2 Å². The first-order valence-electron chi connectivity index (χ1n) is 9.73. The van der Waals surface area contributed by atoms with Crippen molar-refractivity contribution in [1.29, 1.82) is 0 Å². The summed E-state index contributed by atoms with van der Waals surface area (Å²) < 4.78 is 35.9. The summed E-state index contributed by atoms with van der Waals surface area (Å²) in [5.41, 5.74) is 6.09. The Kier molecular flexibility index (Phi) is 8.16. The molecular weight excluding hydrogens is 501 g/mol. The Labute approximate surface area is 209 Å². The number of nitrogens with one attached hydrogen (secondary N) is 1. The molecule has 1 amide bonds. The first-order valence-corrected chi connectivity index (χ1v) is 10.5. The number of hydrogen-bond donors (Lipinski definition) is 2. The maximum atomic E-state index is 14.1. The van der Waals surface area contributed by atoms with E-state index in [9.17, 15) is 18.7 Å². The number of rotatable bonds is 8. The quantitative estimate of drug-likeness (QED) is 0.258. The number of anilines is 2. The van der Waals surface area contributed by atoms with Gasteiger partial charge in [-0.1, -0.05) is 0 Å². The molecule has 1 atom stereocenters. The summed E-state index contributed by atoms with van der Waals surface area (Å²) >= 11 is 12.2. The molecule has 0 aliphatic heterocycles. The summed E-state index contributed by atoms with van der Waals surface area (Å²) in [6.45, 7) is 3.60. The van der Waals surface area contributed by atoms with Crippen molar-refractivity contribution in [3.63, 3.8) is 0 Å². The third-order valence-electron chi connectivity index (χ3n) is 4.66. The van der Waals surface area contributed by atoms with Gasteiger partial charge in [0.1, 0.15) is 0 Å². The van der Waals surface area contributed by atoms with Crippen LogP contribution in [0.3, 0.4) is 0 Å². The average molecular weight is 517 g/mol. The zero-order chi connectivity index (χ0) is 25.7. The van der Waals surface area contributed by atoms with Crippen LogP contribution in [-0.4, -0.2) is 36.3 Å². The number of benzene rings is 2. The molecule has 3 N–H and O–H groups in total. The molecule has 0 radical (unpaired) electrons. The van der Waals surface area contributed by atoms with Crippen LogP contribution in [0.15, 0.2) is 54.5 Å². The summed E-state index contributed by atoms with van der Waals surface area (Å²) in [6.07, 6.45) is -1.34. The minimum atomic E-state index is -1.34. The monoisotopic (exact) mass is 516 g/mol. The van der Waals surface area contributed by atoms with Gasteiger partial charge in [-0.2, -0.15) is 0 Å². The fourth-order valence-corrected chi connectivity index (χ4v) is 3.45. The van der Waals surface area contributed by atoms with Crippen molar-refractivity contribution in [2.45, 2.75) is 6.10 Å². The number of aromatic nitrogens is 2. The van der Waals surface area contributed by atoms with Crippen molar-refractivity contribution in [2.24, 2.45) is 0 Å². The van der Waals surface area contributed by atoms with E-state index in [2.05, 4.69) is 26.8 Å². The molecule has 3 aromatic rings. The number of nitrogens with zero attached hydrogens (tertiary/aromatic N) is 2. The van der Waals surface area contributed by atoms with E-state index in [1.165, 1.54) is 43.5 Å². The summed E-state index contributed by atoms with van der Waals surface area (Å²) in [7, 11) is 1.64. The normalized spacial score (nSPS) is 11.2. The first-order chi connectivity index (χ1) is 16.7. The predicted octanol–water partition coefficient (Wildman–Crippen LogP) is 4.23. The molecule has 35 heavy (non-hydrogen) atoms. The van der Waals surface area contributed by atoms with Crippen LogP contribution in [0.2, 0.25) is 10.0 Å². The van der Waals surface area contributed by atoms with Gasteiger partial charge in [0.2, 0.25) is 0 Å². The van der Waals surface area contributed by atoms with Gasteiger partial charge in [0.25, 0.3) is 0 Å². The molecule has 178 valence electrons. The second-order valence-electron chi connectivity index (χ2n) is 6.95. The molecule has 3 rings (SSSR count). The van der Waals surface area contributed by atoms with E-state index < -0.39 is 23.8 Å². The fraction of sp³-hybridized carbons (Fsp3) is 0.0909. The molecule has 0 bridgehead atoms. The van der Waals surface area contributed by atoms with Crippen LogP contribution >= 0.6 is 23.2 Å². The van der Waals surface area contributed by atoms with Crippen molar-refractivity contribution in [1.82, 2.24) is 10.2 Å². The number of nitrogen functional groups attached to an aromatic ring is 1. The molecular formula is C22H16BCl2FN4O5. The minimum absolute atomic E-state index is 0.0124. The zero-order valence-corrected chi connectivity index (χ0v) is 19.6. The number of nitrogens with two attached hydrogens (primary N) is 1. The third kappa shape index (κ3) is 5.82. The van der Waals surface area contributed by atoms with Gasteiger partial charge in [0.15, 0.2) is 0 Å². The molecule has 1 unspecified atom stereocenters. The molecule has 1 heterocycles. The molecule has 13 heteroatoms. The Morgan fingerprint density at radius 2 is 1.86 bits per heavy atom. The van der Waals surface area contributed by atoms with Gasteiger partial charge in [-0.25, -0.2) is 4.79 Å². The van der Waals surface area contributed by atoms with Gasteiger partial charge in [-0.05, 0) is 0 Å². The number of amides is 1. The van der Waals surface area contributed by atoms with E-state index in [-0.39, 0.29) is 38.3 Å². The van der Waals surface area contributed by atoms with Crippen molar-refractivity contribution in [3.05, 3.63) is 87.2 Å². The van der Waals surface area contributed by atoms with Gasteiger partial charge >= 0.3 is 193 Å². The van der Waals surface area contributed by atoms with E-state index in [1.54, 1.807) is 0 Å². The standard InChI is InChI=1S/C22H16BCl2FN4O5/c1-10(23-33)19(17-13(24)7-8-14(26)18(17)25)35-16-9-15(29-30-20(16)27)21(31)28-12-5-3-11(4-6-12)22(32)34-2/h3-9,19H,1H2,2H3,(H2,27,30)(H,28,31). The van der Waals surface area contributed by atoms with Crippen LogP contribution in [-0.2, 0) is 9.44 Å². The van der Waals surface area contributed by atoms with Crippen LogP contribution in [0.1, 0.15) is 32.5 Å². The SMILES string of the molecule is C=C(B=O)C(Oc1cc(C(=O)Nc2ccc(C(=O)OC)cc2)nnc1N)c1c(Cl)ccc(F)c1Cl. The third-order valence-corrected chi connectivity index (χ3v) is 5.37. The summed E-state index contributed by atoms with van der Waals surface area (Å²) in [4.78, 5) is 24.2. The fourth-order valence-electron chi connectivity index (χ4n) is 2.88. The van der Waals surface area contributed by atoms with Crippen molar-refractivity contribution in [3.8, 4) is 5.75 Å². The summed E-state index contributed by atoms with van der Waals surface area (Å²) in [5.74, 6) is -2.39. The van der Waals surface area contributed by atoms with Crippen LogP contribution in [0.5, 0.6) is 5.75 Å². The van der Waals surface area contributed by atoms with Gasteiger partial charge in [-0.3, -0.25) is 0 Å². The Morgan fingerprint density at radius 1 is 1.17 bits per heavy atom. The Balaban J connectivity index is 1.90. The molecule has 0 spiro atoms. The molecule has 0 saturated carbocycles. The first kappa shape index (κ1) is 25.8. The average Bonchev–Trinajstić information content (AvgIpc) is 2.86. The van der Waals surface area contributed by atoms with Gasteiger partial charge < -0.3 is 4.74 Å². The van der Waals surface area contributed by atoms with E-state index in [0.717, 1.165) is 6.07 Å². The van der Waals surface area contributed by atoms with Gasteiger partial charge in [-0.15, -0.1) is 0 Å². The number of methoxy groups -OCH3 is 1. The number of hydrogen-bond acceptors (Lipinski definition) is 8. The second-order valence-corrected chi connectivity index (χ2v) is 7.73. The maximum absolute atomic E-state index is 14.1. The number of ether oxygens (including phenoxy) is 2. The number of esters is 1. The zero-order valence-electron chi connectivity index (χ0n) is 18.1. The Bertz CT molecular complexity index is 1320. The number of carbonyl (C=O) groups excluding carboxylic acids is 2. The molecule has 0 fully saturated rings. The molecule has 1 aromatic heterocycles. The van der Waals surface area contributed by atoms with E-state index in [0.29, 0.717) is 18.4 Å². The van der Waals surface area contributed by atoms with Crippen LogP contribution in [0.4, 0.5) is 15.9 Å². The van der Waals surface area contributed by atoms with Crippen LogP contribution in [0.25, 0.3) is 0 Å². The molecule has 0 aliphatic rings. The van der Waals surface area contributed by atoms with E-state index in [1.807, 2.05) is 0 Å². The molecule has 2 aromatic carbocycles. The Morgan fingerprint density at radius 3 is 2.49 bits per heavy atom. The van der Waals surface area contributed by atoms with Crippen molar-refractivity contribution < 1.29 is 28.2 Å². The van der Waals surface area contributed by atoms with Crippen LogP contribution in [0, 0.1) is 5.82 Å². The summed E-state index contributed by atoms with van der Waals surface area (Å²) in [6, 6.07) is 9.38. The summed E-state index contributed by atoms with van der Waals surface area (Å²) in [5, 5.41) is 9.67. The Hall–Kier alpha value is -3.83. The second kappa shape index (κ2) is 11.1. The number of halogens is 3. The molecule has 0 saturated heterocycles. The van der Waals surface area contributed by atoms with Crippen molar-refractivity contribution >= 4 is 53.7 Å². The topological polar surface area (TPSA) is 134 Å². The molecule has 0 aliphatic carbocycles.